The second-order valence-corrected chi connectivity index (χ2v) is 18.2. The second kappa shape index (κ2) is 41.1. The lowest BCUT2D eigenvalue weighted by atomic mass is 10.1. The molecule has 0 fully saturated rings. The van der Waals surface area contributed by atoms with E-state index in [4.69, 9.17) is 18.5 Å². The van der Waals surface area contributed by atoms with E-state index in [9.17, 15) is 19.0 Å². The van der Waals surface area contributed by atoms with Crippen LogP contribution in [-0.4, -0.2) is 74.9 Å². The van der Waals surface area contributed by atoms with Crippen LogP contribution < -0.4 is 0 Å². The lowest BCUT2D eigenvalue weighted by Gasteiger charge is -2.24. The first-order valence-electron chi connectivity index (χ1n) is 23.5. The number of carbonyl (C=O) groups is 2. The van der Waals surface area contributed by atoms with Gasteiger partial charge in [0.1, 0.15) is 19.8 Å². The number of phosphoric acid groups is 1. The molecule has 0 aliphatic rings. The molecule has 2 atom stereocenters. The number of unbranched alkanes of at least 4 members (excludes halogenated alkanes) is 18. The minimum atomic E-state index is -4.39. The van der Waals surface area contributed by atoms with Gasteiger partial charge in [-0.2, -0.15) is 0 Å². The number of hydrogen-bond acceptors (Lipinski definition) is 7. The monoisotopic (exact) mass is 851 g/mol. The first-order valence-corrected chi connectivity index (χ1v) is 25.0. The predicted octanol–water partition coefficient (Wildman–Crippen LogP) is 13.6. The normalized spacial score (nSPS) is 14.1. The van der Waals surface area contributed by atoms with Crippen LogP contribution in [0.1, 0.15) is 187 Å². The molecule has 0 amide bonds. The Morgan fingerprint density at radius 1 is 0.525 bits per heavy atom. The SMILES string of the molecule is CCCC/C=C\C/C=C\CCCCCCCC(=O)OCC(COP(=O)(O)OCC[N+](C)(C)C)OC(=O)CCCCCCCC/C=C\C/C=C\C/C=C\CCCCCCC. The molecule has 0 aliphatic carbocycles. The summed E-state index contributed by atoms with van der Waals surface area (Å²) in [7, 11) is 1.45. The van der Waals surface area contributed by atoms with Crippen molar-refractivity contribution in [1.82, 2.24) is 0 Å². The summed E-state index contributed by atoms with van der Waals surface area (Å²) in [5, 5.41) is 0. The Labute approximate surface area is 362 Å². The molecule has 0 aromatic carbocycles. The maximum Gasteiger partial charge on any atom is 0.472 e. The van der Waals surface area contributed by atoms with Crippen LogP contribution in [0.4, 0.5) is 0 Å². The van der Waals surface area contributed by atoms with E-state index in [1.807, 2.05) is 21.1 Å². The Balaban J connectivity index is 4.36. The molecule has 10 heteroatoms. The van der Waals surface area contributed by atoms with E-state index in [2.05, 4.69) is 74.6 Å². The standard InChI is InChI=1S/C49H88NO8P/c1-6-8-10-12-14-16-18-20-22-23-24-25-26-27-28-30-32-34-36-38-40-42-49(52)58-47(46-57-59(53,54)56-44-43-50(3,4)5)45-55-48(51)41-39-37-35-33-31-29-21-19-17-15-13-11-9-7-2/h13,15,18-21,23-24,26-27,47H,6-12,14,16-17,22,25,28-46H2,1-5H3/p+1/b15-13-,20-18-,21-19-,24-23-,27-26-. The number of rotatable bonds is 42. The van der Waals surface area contributed by atoms with E-state index >= 15 is 0 Å². The van der Waals surface area contributed by atoms with Gasteiger partial charge in [-0.15, -0.1) is 0 Å². The Kier molecular flexibility index (Phi) is 39.5. The van der Waals surface area contributed by atoms with Crippen LogP contribution in [0.5, 0.6) is 0 Å². The summed E-state index contributed by atoms with van der Waals surface area (Å²) in [6.45, 7) is 4.33. The third-order valence-electron chi connectivity index (χ3n) is 9.77. The van der Waals surface area contributed by atoms with Crippen molar-refractivity contribution < 1.29 is 42.1 Å². The third kappa shape index (κ3) is 45.1. The summed E-state index contributed by atoms with van der Waals surface area (Å²) >= 11 is 0. The van der Waals surface area contributed by atoms with Crippen LogP contribution in [0, 0.1) is 0 Å². The van der Waals surface area contributed by atoms with Gasteiger partial charge in [0.15, 0.2) is 6.10 Å². The molecule has 59 heavy (non-hydrogen) atoms. The highest BCUT2D eigenvalue weighted by molar-refractivity contribution is 7.47. The molecular weight excluding hydrogens is 762 g/mol. The fourth-order valence-corrected chi connectivity index (χ4v) is 6.78. The molecule has 0 saturated carbocycles. The maximum atomic E-state index is 12.7. The summed E-state index contributed by atoms with van der Waals surface area (Å²) < 4.78 is 34.3. The number of quaternary nitrogens is 1. The molecule has 0 heterocycles. The Morgan fingerprint density at radius 2 is 0.932 bits per heavy atom. The van der Waals surface area contributed by atoms with Crippen LogP contribution in [0.15, 0.2) is 60.8 Å². The summed E-state index contributed by atoms with van der Waals surface area (Å²) in [6.07, 6.45) is 49.8. The van der Waals surface area contributed by atoms with Gasteiger partial charge < -0.3 is 18.9 Å². The average Bonchev–Trinajstić information content (AvgIpc) is 3.19. The molecule has 0 bridgehead atoms. The fourth-order valence-electron chi connectivity index (χ4n) is 6.04. The molecule has 0 aromatic heterocycles. The first-order chi connectivity index (χ1) is 28.5. The molecule has 0 aromatic rings. The molecule has 0 spiro atoms. The van der Waals surface area contributed by atoms with Gasteiger partial charge in [-0.3, -0.25) is 18.6 Å². The molecule has 2 unspecified atom stereocenters. The predicted molar refractivity (Wildman–Crippen MR) is 247 cm³/mol. The first kappa shape index (κ1) is 56.7. The van der Waals surface area contributed by atoms with E-state index in [1.165, 1.54) is 51.4 Å². The summed E-state index contributed by atoms with van der Waals surface area (Å²) in [6, 6.07) is 0. The smallest absolute Gasteiger partial charge is 0.462 e. The van der Waals surface area contributed by atoms with Crippen molar-refractivity contribution in [2.75, 3.05) is 47.5 Å². The molecule has 9 nitrogen and oxygen atoms in total. The molecule has 0 aliphatic heterocycles. The summed E-state index contributed by atoms with van der Waals surface area (Å²) in [5.41, 5.74) is 0. The lowest BCUT2D eigenvalue weighted by Crippen LogP contribution is -2.37. The fraction of sp³-hybridized carbons (Fsp3) is 0.755. The van der Waals surface area contributed by atoms with Gasteiger partial charge in [0, 0.05) is 12.8 Å². The minimum Gasteiger partial charge on any atom is -0.462 e. The van der Waals surface area contributed by atoms with Crippen molar-refractivity contribution in [2.45, 2.75) is 193 Å². The van der Waals surface area contributed by atoms with Gasteiger partial charge in [0.05, 0.1) is 27.7 Å². The average molecular weight is 851 g/mol. The van der Waals surface area contributed by atoms with Crippen LogP contribution in [0.3, 0.4) is 0 Å². The number of allylic oxidation sites excluding steroid dienone is 10. The highest BCUT2D eigenvalue weighted by Crippen LogP contribution is 2.43. The number of likely N-dealkylation sites (N-methyl/N-ethyl adjacent to an activating group) is 1. The van der Waals surface area contributed by atoms with Crippen molar-refractivity contribution in [1.29, 1.82) is 0 Å². The van der Waals surface area contributed by atoms with Crippen molar-refractivity contribution in [2.24, 2.45) is 0 Å². The molecule has 0 rings (SSSR count). The third-order valence-corrected chi connectivity index (χ3v) is 10.8. The van der Waals surface area contributed by atoms with E-state index < -0.39 is 26.5 Å². The molecular formula is C49H89NO8P+. The quantitative estimate of drug-likeness (QED) is 0.0213. The zero-order valence-electron chi connectivity index (χ0n) is 38.5. The number of esters is 2. The van der Waals surface area contributed by atoms with Crippen molar-refractivity contribution in [3.8, 4) is 0 Å². The van der Waals surface area contributed by atoms with Gasteiger partial charge in [-0.05, 0) is 77.0 Å². The second-order valence-electron chi connectivity index (χ2n) is 16.8. The number of ether oxygens (including phenoxy) is 2. The van der Waals surface area contributed by atoms with Gasteiger partial charge in [0.25, 0.3) is 0 Å². The number of nitrogens with zero attached hydrogens (tertiary/aromatic N) is 1. The molecule has 342 valence electrons. The topological polar surface area (TPSA) is 108 Å². The van der Waals surface area contributed by atoms with Crippen molar-refractivity contribution in [3.05, 3.63) is 60.8 Å². The summed E-state index contributed by atoms with van der Waals surface area (Å²) in [4.78, 5) is 35.4. The van der Waals surface area contributed by atoms with E-state index in [-0.39, 0.29) is 32.0 Å². The van der Waals surface area contributed by atoms with Gasteiger partial charge in [-0.1, -0.05) is 158 Å². The zero-order chi connectivity index (χ0) is 43.6. The van der Waals surface area contributed by atoms with E-state index in [1.54, 1.807) is 0 Å². The minimum absolute atomic E-state index is 0.0240. The summed E-state index contributed by atoms with van der Waals surface area (Å²) in [5.74, 6) is -0.832. The zero-order valence-corrected chi connectivity index (χ0v) is 39.4. The molecule has 0 radical (unpaired) electrons. The number of carbonyl (C=O) groups excluding carboxylic acids is 2. The Morgan fingerprint density at radius 3 is 1.41 bits per heavy atom. The van der Waals surface area contributed by atoms with Crippen molar-refractivity contribution in [3.63, 3.8) is 0 Å². The van der Waals surface area contributed by atoms with E-state index in [0.717, 1.165) is 103 Å². The molecule has 1 N–H and O–H groups in total. The maximum absolute atomic E-state index is 12.7. The van der Waals surface area contributed by atoms with Crippen LogP contribution >= 0.6 is 7.82 Å². The van der Waals surface area contributed by atoms with Crippen LogP contribution in [-0.2, 0) is 32.7 Å². The Hall–Kier alpha value is -2.29. The largest absolute Gasteiger partial charge is 0.472 e. The lowest BCUT2D eigenvalue weighted by molar-refractivity contribution is -0.870. The van der Waals surface area contributed by atoms with Crippen molar-refractivity contribution >= 4 is 19.8 Å². The van der Waals surface area contributed by atoms with Crippen LogP contribution in [0.25, 0.3) is 0 Å². The number of phosphoric ester groups is 1. The van der Waals surface area contributed by atoms with Gasteiger partial charge in [0.2, 0.25) is 0 Å². The van der Waals surface area contributed by atoms with E-state index in [0.29, 0.717) is 17.4 Å². The number of hydrogen-bond donors (Lipinski definition) is 1. The van der Waals surface area contributed by atoms with Crippen LogP contribution in [0.2, 0.25) is 0 Å². The highest BCUT2D eigenvalue weighted by atomic mass is 31.2. The van der Waals surface area contributed by atoms with Gasteiger partial charge >= 0.3 is 19.8 Å². The highest BCUT2D eigenvalue weighted by Gasteiger charge is 2.27. The molecule has 0 saturated heterocycles. The van der Waals surface area contributed by atoms with Gasteiger partial charge in [-0.25, -0.2) is 4.57 Å². The Bertz CT molecular complexity index is 1190.